The second-order valence-corrected chi connectivity index (χ2v) is 10.4. The lowest BCUT2D eigenvalue weighted by Crippen LogP contribution is -2.52. The Balaban J connectivity index is 2.39. The zero-order valence-corrected chi connectivity index (χ0v) is 21.3. The normalized spacial score (nSPS) is 12.2. The molecule has 0 saturated carbocycles. The highest BCUT2D eigenvalue weighted by atomic mass is 35.5. The van der Waals surface area contributed by atoms with Gasteiger partial charge in [-0.25, -0.2) is 8.42 Å². The average Bonchev–Trinajstić information content (AvgIpc) is 2.77. The van der Waals surface area contributed by atoms with Crippen molar-refractivity contribution in [3.8, 4) is 0 Å². The Hall–Kier alpha value is -2.29. The zero-order chi connectivity index (χ0) is 24.6. The Morgan fingerprint density at radius 3 is 2.00 bits per heavy atom. The van der Waals surface area contributed by atoms with Gasteiger partial charge in [-0.05, 0) is 54.8 Å². The standard InChI is InChI=1S/C23H29Cl2N3O4S/c1-4-14-26-23(30)21(5-2)27(15-17-6-8-18(24)9-7-17)22(29)16-28(33(3,31)32)20-12-10-19(25)11-13-20/h6-13,21H,4-5,14-16H2,1-3H3,(H,26,30). The second kappa shape index (κ2) is 12.3. The molecule has 2 amide bonds. The molecule has 33 heavy (non-hydrogen) atoms. The van der Waals surface area contributed by atoms with Crippen molar-refractivity contribution in [2.45, 2.75) is 39.3 Å². The zero-order valence-electron chi connectivity index (χ0n) is 18.9. The number of benzene rings is 2. The van der Waals surface area contributed by atoms with Gasteiger partial charge in [0.25, 0.3) is 0 Å². The van der Waals surface area contributed by atoms with Crippen LogP contribution in [0.2, 0.25) is 10.0 Å². The molecule has 0 aromatic heterocycles. The summed E-state index contributed by atoms with van der Waals surface area (Å²) in [6.07, 6.45) is 2.16. The highest BCUT2D eigenvalue weighted by Crippen LogP contribution is 2.22. The summed E-state index contributed by atoms with van der Waals surface area (Å²) in [6, 6.07) is 12.4. The minimum absolute atomic E-state index is 0.131. The number of rotatable bonds is 11. The Labute approximate surface area is 205 Å². The third-order valence-corrected chi connectivity index (χ3v) is 6.64. The molecular formula is C23H29Cl2N3O4S. The molecular weight excluding hydrogens is 485 g/mol. The fraction of sp³-hybridized carbons (Fsp3) is 0.391. The van der Waals surface area contributed by atoms with Gasteiger partial charge in [-0.3, -0.25) is 13.9 Å². The van der Waals surface area contributed by atoms with Crippen molar-refractivity contribution in [1.82, 2.24) is 10.2 Å². The Bertz CT molecular complexity index is 1040. The van der Waals surface area contributed by atoms with Crippen LogP contribution in [0.5, 0.6) is 0 Å². The molecule has 1 atom stereocenters. The van der Waals surface area contributed by atoms with Gasteiger partial charge in [0.15, 0.2) is 0 Å². The number of anilines is 1. The summed E-state index contributed by atoms with van der Waals surface area (Å²) < 4.78 is 26.0. The summed E-state index contributed by atoms with van der Waals surface area (Å²) in [6.45, 7) is 3.91. The van der Waals surface area contributed by atoms with Crippen LogP contribution in [0, 0.1) is 0 Å². The quantitative estimate of drug-likeness (QED) is 0.490. The minimum Gasteiger partial charge on any atom is -0.354 e. The summed E-state index contributed by atoms with van der Waals surface area (Å²) in [5.74, 6) is -0.775. The fourth-order valence-electron chi connectivity index (χ4n) is 3.29. The number of halogens is 2. The van der Waals surface area contributed by atoms with Crippen LogP contribution in [0.3, 0.4) is 0 Å². The first-order chi connectivity index (χ1) is 15.6. The number of nitrogens with one attached hydrogen (secondary N) is 1. The van der Waals surface area contributed by atoms with E-state index in [-0.39, 0.29) is 12.5 Å². The van der Waals surface area contributed by atoms with E-state index in [0.717, 1.165) is 22.5 Å². The third-order valence-electron chi connectivity index (χ3n) is 5.00. The molecule has 1 N–H and O–H groups in total. The van der Waals surface area contributed by atoms with E-state index < -0.39 is 28.5 Å². The third kappa shape index (κ3) is 7.91. The fourth-order valence-corrected chi connectivity index (χ4v) is 4.39. The maximum Gasteiger partial charge on any atom is 0.244 e. The van der Waals surface area contributed by atoms with E-state index in [1.54, 1.807) is 36.4 Å². The number of sulfonamides is 1. The molecule has 0 radical (unpaired) electrons. The van der Waals surface area contributed by atoms with Crippen LogP contribution in [-0.2, 0) is 26.2 Å². The van der Waals surface area contributed by atoms with Gasteiger partial charge in [0, 0.05) is 23.1 Å². The highest BCUT2D eigenvalue weighted by Gasteiger charge is 2.31. The molecule has 0 bridgehead atoms. The van der Waals surface area contributed by atoms with Gasteiger partial charge in [-0.15, -0.1) is 0 Å². The van der Waals surface area contributed by atoms with Crippen LogP contribution in [0.1, 0.15) is 32.3 Å². The number of hydrogen-bond acceptors (Lipinski definition) is 4. The molecule has 0 aliphatic heterocycles. The van der Waals surface area contributed by atoms with Crippen molar-refractivity contribution in [3.05, 3.63) is 64.1 Å². The number of amides is 2. The summed E-state index contributed by atoms with van der Waals surface area (Å²) in [5, 5.41) is 3.83. The summed E-state index contributed by atoms with van der Waals surface area (Å²) in [5.41, 5.74) is 1.08. The van der Waals surface area contributed by atoms with Crippen molar-refractivity contribution >= 4 is 50.7 Å². The topological polar surface area (TPSA) is 86.8 Å². The molecule has 10 heteroatoms. The molecule has 180 valence electrons. The minimum atomic E-state index is -3.78. The maximum absolute atomic E-state index is 13.5. The number of carbonyl (C=O) groups excluding carboxylic acids is 2. The SMILES string of the molecule is CCCNC(=O)C(CC)N(Cc1ccc(Cl)cc1)C(=O)CN(c1ccc(Cl)cc1)S(C)(=O)=O. The largest absolute Gasteiger partial charge is 0.354 e. The van der Waals surface area contributed by atoms with E-state index in [1.807, 2.05) is 13.8 Å². The summed E-state index contributed by atoms with van der Waals surface area (Å²) in [7, 11) is -3.78. The van der Waals surface area contributed by atoms with E-state index in [4.69, 9.17) is 23.2 Å². The Morgan fingerprint density at radius 1 is 0.970 bits per heavy atom. The first-order valence-corrected chi connectivity index (χ1v) is 13.2. The first kappa shape index (κ1) is 27.0. The van der Waals surface area contributed by atoms with E-state index >= 15 is 0 Å². The van der Waals surface area contributed by atoms with E-state index in [1.165, 1.54) is 17.0 Å². The monoisotopic (exact) mass is 513 g/mol. The molecule has 0 heterocycles. The maximum atomic E-state index is 13.5. The summed E-state index contributed by atoms with van der Waals surface area (Å²) in [4.78, 5) is 27.7. The molecule has 0 aliphatic rings. The van der Waals surface area contributed by atoms with Crippen LogP contribution < -0.4 is 9.62 Å². The molecule has 2 aromatic rings. The van der Waals surface area contributed by atoms with Crippen molar-refractivity contribution in [3.63, 3.8) is 0 Å². The Kier molecular flexibility index (Phi) is 10.0. The highest BCUT2D eigenvalue weighted by molar-refractivity contribution is 7.92. The number of hydrogen-bond donors (Lipinski definition) is 1. The molecule has 2 rings (SSSR count). The number of nitrogens with zero attached hydrogens (tertiary/aromatic N) is 2. The number of carbonyl (C=O) groups is 2. The van der Waals surface area contributed by atoms with Crippen molar-refractivity contribution in [2.75, 3.05) is 23.7 Å². The van der Waals surface area contributed by atoms with E-state index in [0.29, 0.717) is 28.7 Å². The van der Waals surface area contributed by atoms with Crippen LogP contribution in [-0.4, -0.2) is 50.5 Å². The molecule has 2 aromatic carbocycles. The predicted molar refractivity (Wildman–Crippen MR) is 133 cm³/mol. The molecule has 0 fully saturated rings. The van der Waals surface area contributed by atoms with Gasteiger partial charge in [-0.2, -0.15) is 0 Å². The molecule has 0 saturated heterocycles. The van der Waals surface area contributed by atoms with Crippen LogP contribution >= 0.6 is 23.2 Å². The lowest BCUT2D eigenvalue weighted by Gasteiger charge is -2.32. The molecule has 0 spiro atoms. The van der Waals surface area contributed by atoms with Gasteiger partial charge in [0.1, 0.15) is 12.6 Å². The van der Waals surface area contributed by atoms with Crippen LogP contribution in [0.25, 0.3) is 0 Å². The van der Waals surface area contributed by atoms with E-state index in [2.05, 4.69) is 5.32 Å². The van der Waals surface area contributed by atoms with Crippen LogP contribution in [0.15, 0.2) is 48.5 Å². The van der Waals surface area contributed by atoms with Gasteiger partial charge in [0.2, 0.25) is 21.8 Å². The van der Waals surface area contributed by atoms with Crippen LogP contribution in [0.4, 0.5) is 5.69 Å². The second-order valence-electron chi connectivity index (χ2n) is 7.61. The van der Waals surface area contributed by atoms with Gasteiger partial charge < -0.3 is 10.2 Å². The average molecular weight is 514 g/mol. The lowest BCUT2D eigenvalue weighted by atomic mass is 10.1. The molecule has 1 unspecified atom stereocenters. The van der Waals surface area contributed by atoms with E-state index in [9.17, 15) is 18.0 Å². The van der Waals surface area contributed by atoms with Crippen molar-refractivity contribution in [1.29, 1.82) is 0 Å². The first-order valence-electron chi connectivity index (χ1n) is 10.6. The van der Waals surface area contributed by atoms with Gasteiger partial charge >= 0.3 is 0 Å². The van der Waals surface area contributed by atoms with Gasteiger partial charge in [0.05, 0.1) is 11.9 Å². The molecule has 7 nitrogen and oxygen atoms in total. The smallest absolute Gasteiger partial charge is 0.244 e. The van der Waals surface area contributed by atoms with Crippen molar-refractivity contribution in [2.24, 2.45) is 0 Å². The van der Waals surface area contributed by atoms with Crippen molar-refractivity contribution < 1.29 is 18.0 Å². The molecule has 0 aliphatic carbocycles. The Morgan fingerprint density at radius 2 is 1.52 bits per heavy atom. The summed E-state index contributed by atoms with van der Waals surface area (Å²) >= 11 is 11.9. The van der Waals surface area contributed by atoms with Gasteiger partial charge in [-0.1, -0.05) is 49.2 Å². The lowest BCUT2D eigenvalue weighted by molar-refractivity contribution is -0.140. The predicted octanol–water partition coefficient (Wildman–Crippen LogP) is 4.09.